The molecule has 0 unspecified atom stereocenters. The van der Waals surface area contributed by atoms with Crippen molar-refractivity contribution >= 4 is 39.0 Å². The van der Waals surface area contributed by atoms with E-state index in [1.165, 1.54) is 11.3 Å². The molecular formula is C24H21N3O4S. The molecule has 4 aromatic rings. The van der Waals surface area contributed by atoms with Crippen LogP contribution in [-0.4, -0.2) is 28.3 Å². The van der Waals surface area contributed by atoms with Gasteiger partial charge in [0.15, 0.2) is 5.69 Å². The predicted molar refractivity (Wildman–Crippen MR) is 125 cm³/mol. The number of esters is 1. The van der Waals surface area contributed by atoms with Crippen molar-refractivity contribution in [2.24, 2.45) is 0 Å². The van der Waals surface area contributed by atoms with E-state index in [9.17, 15) is 14.4 Å². The number of para-hydroxylation sites is 1. The monoisotopic (exact) mass is 447 g/mol. The Bertz CT molecular complexity index is 1390. The Balaban J connectivity index is 1.86. The normalized spacial score (nSPS) is 10.8. The van der Waals surface area contributed by atoms with Gasteiger partial charge in [0.2, 0.25) is 0 Å². The minimum atomic E-state index is -0.632. The van der Waals surface area contributed by atoms with Gasteiger partial charge in [-0.25, -0.2) is 4.79 Å². The van der Waals surface area contributed by atoms with Crippen LogP contribution >= 0.6 is 11.3 Å². The highest BCUT2D eigenvalue weighted by Crippen LogP contribution is 2.31. The summed E-state index contributed by atoms with van der Waals surface area (Å²) in [6.07, 6.45) is 0. The van der Waals surface area contributed by atoms with Gasteiger partial charge in [-0.1, -0.05) is 24.3 Å². The first-order chi connectivity index (χ1) is 15.4. The van der Waals surface area contributed by atoms with Gasteiger partial charge in [-0.2, -0.15) is 9.78 Å². The maximum absolute atomic E-state index is 13.4. The quantitative estimate of drug-likeness (QED) is 0.455. The molecule has 0 aliphatic heterocycles. The van der Waals surface area contributed by atoms with Crippen LogP contribution in [0.3, 0.4) is 0 Å². The molecule has 2 heterocycles. The molecule has 7 nitrogen and oxygen atoms in total. The number of hydrogen-bond donors (Lipinski definition) is 1. The second-order valence-corrected chi connectivity index (χ2v) is 8.11. The Morgan fingerprint density at radius 1 is 1.09 bits per heavy atom. The summed E-state index contributed by atoms with van der Waals surface area (Å²) in [4.78, 5) is 38.8. The molecule has 0 saturated heterocycles. The van der Waals surface area contributed by atoms with E-state index in [2.05, 4.69) is 10.4 Å². The predicted octanol–water partition coefficient (Wildman–Crippen LogP) is 4.49. The molecule has 0 radical (unpaired) electrons. The fourth-order valence-electron chi connectivity index (χ4n) is 3.29. The SMILES string of the molecule is CCOC(=O)c1nn(-c2ccccc2)c(=O)c2c(NC(=O)c3ccc(C)c(C)c3)scc12. The zero-order valence-corrected chi connectivity index (χ0v) is 18.7. The third-order valence-corrected chi connectivity index (χ3v) is 6.01. The van der Waals surface area contributed by atoms with Crippen molar-refractivity contribution in [2.75, 3.05) is 11.9 Å². The number of hydrogen-bond acceptors (Lipinski definition) is 6. The van der Waals surface area contributed by atoms with Gasteiger partial charge >= 0.3 is 5.97 Å². The number of amides is 1. The second kappa shape index (κ2) is 8.76. The first-order valence-electron chi connectivity index (χ1n) is 10.1. The Morgan fingerprint density at radius 3 is 2.53 bits per heavy atom. The lowest BCUT2D eigenvalue weighted by Crippen LogP contribution is -2.25. The number of fused-ring (bicyclic) bond motifs is 1. The van der Waals surface area contributed by atoms with Crippen molar-refractivity contribution in [1.82, 2.24) is 9.78 Å². The van der Waals surface area contributed by atoms with Gasteiger partial charge in [0.25, 0.3) is 11.5 Å². The third-order valence-electron chi connectivity index (χ3n) is 5.12. The van der Waals surface area contributed by atoms with Crippen molar-refractivity contribution in [3.05, 3.63) is 86.6 Å². The highest BCUT2D eigenvalue weighted by Gasteiger charge is 2.23. The van der Waals surface area contributed by atoms with E-state index in [0.717, 1.165) is 15.8 Å². The van der Waals surface area contributed by atoms with E-state index < -0.39 is 11.5 Å². The first-order valence-corrected chi connectivity index (χ1v) is 10.9. The highest BCUT2D eigenvalue weighted by molar-refractivity contribution is 7.16. The van der Waals surface area contributed by atoms with Crippen molar-refractivity contribution in [2.45, 2.75) is 20.8 Å². The summed E-state index contributed by atoms with van der Waals surface area (Å²) in [5.74, 6) is -0.968. The van der Waals surface area contributed by atoms with Crippen molar-refractivity contribution < 1.29 is 14.3 Å². The van der Waals surface area contributed by atoms with E-state index in [0.29, 0.717) is 21.6 Å². The summed E-state index contributed by atoms with van der Waals surface area (Å²) in [6, 6.07) is 14.2. The van der Waals surface area contributed by atoms with Crippen LogP contribution in [0.1, 0.15) is 38.9 Å². The Labute approximate surface area is 188 Å². The summed E-state index contributed by atoms with van der Waals surface area (Å²) in [6.45, 7) is 5.78. The number of benzene rings is 2. The lowest BCUT2D eigenvalue weighted by atomic mass is 10.1. The van der Waals surface area contributed by atoms with E-state index in [4.69, 9.17) is 4.74 Å². The molecule has 1 amide bonds. The lowest BCUT2D eigenvalue weighted by molar-refractivity contribution is 0.0520. The minimum Gasteiger partial charge on any atom is -0.461 e. The molecule has 0 aliphatic carbocycles. The smallest absolute Gasteiger partial charge is 0.359 e. The van der Waals surface area contributed by atoms with Crippen LogP contribution in [0.2, 0.25) is 0 Å². The standard InChI is InChI=1S/C24H21N3O4S/c1-4-31-24(30)20-18-13-32-22(25-21(28)16-11-10-14(2)15(3)12-16)19(18)23(29)27(26-20)17-8-6-5-7-9-17/h5-13H,4H2,1-3H3,(H,25,28). The van der Waals surface area contributed by atoms with Crippen LogP contribution in [0.25, 0.3) is 16.5 Å². The molecule has 162 valence electrons. The Hall–Kier alpha value is -3.78. The zero-order chi connectivity index (χ0) is 22.8. The number of nitrogens with one attached hydrogen (secondary N) is 1. The van der Waals surface area contributed by atoms with Crippen LogP contribution in [0, 0.1) is 13.8 Å². The number of anilines is 1. The van der Waals surface area contributed by atoms with Crippen molar-refractivity contribution in [3.8, 4) is 5.69 Å². The van der Waals surface area contributed by atoms with Gasteiger partial charge < -0.3 is 10.1 Å². The maximum atomic E-state index is 13.4. The van der Waals surface area contributed by atoms with Crippen molar-refractivity contribution in [1.29, 1.82) is 0 Å². The Morgan fingerprint density at radius 2 is 1.84 bits per heavy atom. The fraction of sp³-hybridized carbons (Fsp3) is 0.167. The topological polar surface area (TPSA) is 90.3 Å². The molecule has 0 spiro atoms. The van der Waals surface area contributed by atoms with Gasteiger partial charge in [0, 0.05) is 16.3 Å². The minimum absolute atomic E-state index is 0.0215. The number of thiophene rings is 1. The zero-order valence-electron chi connectivity index (χ0n) is 17.8. The van der Waals surface area contributed by atoms with Crippen LogP contribution in [0.4, 0.5) is 5.00 Å². The maximum Gasteiger partial charge on any atom is 0.359 e. The molecule has 8 heteroatoms. The van der Waals surface area contributed by atoms with Gasteiger partial charge in [-0.3, -0.25) is 9.59 Å². The van der Waals surface area contributed by atoms with E-state index in [1.54, 1.807) is 48.7 Å². The summed E-state index contributed by atoms with van der Waals surface area (Å²) in [5, 5.41) is 9.67. The molecule has 2 aromatic heterocycles. The van der Waals surface area contributed by atoms with E-state index in [1.807, 2.05) is 26.0 Å². The molecule has 0 aliphatic rings. The van der Waals surface area contributed by atoms with Crippen LogP contribution < -0.4 is 10.9 Å². The number of rotatable bonds is 5. The molecule has 32 heavy (non-hydrogen) atoms. The second-order valence-electron chi connectivity index (χ2n) is 7.23. The number of carbonyl (C=O) groups is 2. The largest absolute Gasteiger partial charge is 0.461 e. The number of aryl methyl sites for hydroxylation is 2. The number of nitrogens with zero attached hydrogens (tertiary/aromatic N) is 2. The summed E-state index contributed by atoms with van der Waals surface area (Å²) < 4.78 is 6.31. The Kier molecular flexibility index (Phi) is 5.87. The van der Waals surface area contributed by atoms with Crippen molar-refractivity contribution in [3.63, 3.8) is 0 Å². The molecule has 4 rings (SSSR count). The lowest BCUT2D eigenvalue weighted by Gasteiger charge is -2.10. The molecule has 0 saturated carbocycles. The average Bonchev–Trinajstić information content (AvgIpc) is 3.20. The third kappa shape index (κ3) is 3.92. The summed E-state index contributed by atoms with van der Waals surface area (Å²) in [5.41, 5.74) is 2.65. The van der Waals surface area contributed by atoms with E-state index in [-0.39, 0.29) is 23.6 Å². The first kappa shape index (κ1) is 21.5. The number of aromatic nitrogens is 2. The fourth-order valence-corrected chi connectivity index (χ4v) is 4.23. The molecular weight excluding hydrogens is 426 g/mol. The molecule has 0 bridgehead atoms. The van der Waals surface area contributed by atoms with Crippen LogP contribution in [0.5, 0.6) is 0 Å². The highest BCUT2D eigenvalue weighted by atomic mass is 32.1. The molecule has 0 fully saturated rings. The van der Waals surface area contributed by atoms with Gasteiger partial charge in [0.05, 0.1) is 17.7 Å². The van der Waals surface area contributed by atoms with E-state index >= 15 is 0 Å². The summed E-state index contributed by atoms with van der Waals surface area (Å²) in [7, 11) is 0. The van der Waals surface area contributed by atoms with Crippen LogP contribution in [0.15, 0.2) is 58.7 Å². The molecule has 0 atom stereocenters. The molecule has 2 aromatic carbocycles. The number of ether oxygens (including phenoxy) is 1. The molecule has 1 N–H and O–H groups in total. The number of carbonyl (C=O) groups excluding carboxylic acids is 2. The van der Waals surface area contributed by atoms with Gasteiger partial charge in [-0.05, 0) is 56.2 Å². The van der Waals surface area contributed by atoms with Gasteiger partial charge in [0.1, 0.15) is 5.00 Å². The summed E-state index contributed by atoms with van der Waals surface area (Å²) >= 11 is 1.17. The van der Waals surface area contributed by atoms with Gasteiger partial charge in [-0.15, -0.1) is 11.3 Å². The average molecular weight is 448 g/mol. The van der Waals surface area contributed by atoms with Crippen LogP contribution in [-0.2, 0) is 4.74 Å².